The van der Waals surface area contributed by atoms with E-state index in [1.807, 2.05) is 23.6 Å². The lowest BCUT2D eigenvalue weighted by atomic mass is 9.99. The van der Waals surface area contributed by atoms with Crippen LogP contribution in [0.4, 0.5) is 10.8 Å². The van der Waals surface area contributed by atoms with Crippen LogP contribution in [0.5, 0.6) is 11.5 Å². The number of fused-ring (bicyclic) bond motifs is 1. The van der Waals surface area contributed by atoms with Gasteiger partial charge in [-0.15, -0.1) is 22.7 Å². The minimum Gasteiger partial charge on any atom is -0.493 e. The fourth-order valence-electron chi connectivity index (χ4n) is 4.41. The van der Waals surface area contributed by atoms with Crippen LogP contribution in [-0.4, -0.2) is 36.8 Å². The molecule has 1 N–H and O–H groups in total. The Bertz CT molecular complexity index is 1620. The molecule has 0 spiro atoms. The predicted octanol–water partition coefficient (Wildman–Crippen LogP) is 8.15. The number of anilines is 2. The summed E-state index contributed by atoms with van der Waals surface area (Å²) in [6, 6.07) is 14.2. The quantitative estimate of drug-likeness (QED) is 0.182. The van der Waals surface area contributed by atoms with Gasteiger partial charge in [0.1, 0.15) is 27.5 Å². The summed E-state index contributed by atoms with van der Waals surface area (Å²) in [5, 5.41) is 9.04. The minimum atomic E-state index is -0.411. The molecule has 0 fully saturated rings. The summed E-state index contributed by atoms with van der Waals surface area (Å²) in [5.74, 6) is 1.87. The number of nitrogens with zero attached hydrogens (tertiary/aromatic N) is 2. The van der Waals surface area contributed by atoms with Crippen LogP contribution in [0.25, 0.3) is 32.5 Å². The molecule has 0 saturated heterocycles. The highest BCUT2D eigenvalue weighted by atomic mass is 32.1. The number of aromatic nitrogens is 2. The zero-order valence-electron chi connectivity index (χ0n) is 22.4. The van der Waals surface area contributed by atoms with Crippen LogP contribution in [0.1, 0.15) is 42.6 Å². The fraction of sp³-hybridized carbons (Fsp3) is 0.233. The Morgan fingerprint density at radius 1 is 0.923 bits per heavy atom. The van der Waals surface area contributed by atoms with E-state index in [2.05, 4.69) is 58.8 Å². The van der Waals surface area contributed by atoms with E-state index in [0.717, 1.165) is 32.5 Å². The van der Waals surface area contributed by atoms with Crippen LogP contribution in [0, 0.1) is 0 Å². The third kappa shape index (κ3) is 5.20. The van der Waals surface area contributed by atoms with Gasteiger partial charge in [0.25, 0.3) is 0 Å². The van der Waals surface area contributed by atoms with E-state index in [1.54, 1.807) is 38.8 Å². The second-order valence-corrected chi connectivity index (χ2v) is 10.8. The number of benzene rings is 2. The maximum atomic E-state index is 13.2. The van der Waals surface area contributed by atoms with Crippen LogP contribution in [0.2, 0.25) is 0 Å². The molecule has 200 valence electrons. The summed E-state index contributed by atoms with van der Waals surface area (Å²) < 4.78 is 16.3. The van der Waals surface area contributed by atoms with Crippen molar-refractivity contribution in [1.29, 1.82) is 0 Å². The summed E-state index contributed by atoms with van der Waals surface area (Å²) in [7, 11) is 3.18. The third-order valence-corrected chi connectivity index (χ3v) is 8.24. The van der Waals surface area contributed by atoms with Crippen molar-refractivity contribution >= 4 is 49.7 Å². The molecule has 2 aromatic carbocycles. The van der Waals surface area contributed by atoms with Crippen LogP contribution >= 0.6 is 22.7 Å². The zero-order valence-corrected chi connectivity index (χ0v) is 24.0. The highest BCUT2D eigenvalue weighted by Crippen LogP contribution is 2.43. The molecule has 5 rings (SSSR count). The third-order valence-electron chi connectivity index (χ3n) is 6.46. The van der Waals surface area contributed by atoms with E-state index in [1.165, 1.54) is 16.9 Å². The molecule has 0 aliphatic rings. The largest absolute Gasteiger partial charge is 0.493 e. The second kappa shape index (κ2) is 11.4. The van der Waals surface area contributed by atoms with E-state index in [0.29, 0.717) is 33.8 Å². The highest BCUT2D eigenvalue weighted by molar-refractivity contribution is 7.17. The van der Waals surface area contributed by atoms with Crippen molar-refractivity contribution in [3.63, 3.8) is 0 Å². The number of thiophene rings is 2. The first kappa shape index (κ1) is 26.6. The number of nitrogens with one attached hydrogen (secondary N) is 1. The van der Waals surface area contributed by atoms with Gasteiger partial charge < -0.3 is 19.5 Å². The van der Waals surface area contributed by atoms with Gasteiger partial charge in [0.2, 0.25) is 0 Å². The van der Waals surface area contributed by atoms with Gasteiger partial charge in [-0.25, -0.2) is 14.8 Å². The van der Waals surface area contributed by atoms with E-state index >= 15 is 0 Å². The Kier molecular flexibility index (Phi) is 7.81. The lowest BCUT2D eigenvalue weighted by molar-refractivity contribution is 0.0529. The lowest BCUT2D eigenvalue weighted by Crippen LogP contribution is -2.08. The van der Waals surface area contributed by atoms with Crippen molar-refractivity contribution in [3.8, 4) is 33.8 Å². The van der Waals surface area contributed by atoms with Crippen molar-refractivity contribution in [3.05, 3.63) is 70.7 Å². The van der Waals surface area contributed by atoms with Gasteiger partial charge >= 0.3 is 5.97 Å². The Labute approximate surface area is 235 Å². The molecule has 0 amide bonds. The van der Waals surface area contributed by atoms with Gasteiger partial charge in [-0.3, -0.25) is 0 Å². The molecule has 0 radical (unpaired) electrons. The Morgan fingerprint density at radius 3 is 2.33 bits per heavy atom. The predicted molar refractivity (Wildman–Crippen MR) is 159 cm³/mol. The van der Waals surface area contributed by atoms with Crippen molar-refractivity contribution in [2.24, 2.45) is 0 Å². The van der Waals surface area contributed by atoms with E-state index in [4.69, 9.17) is 14.2 Å². The van der Waals surface area contributed by atoms with Crippen molar-refractivity contribution in [2.75, 3.05) is 26.1 Å². The molecular formula is C30H29N3O4S2. The summed E-state index contributed by atoms with van der Waals surface area (Å²) >= 11 is 2.99. The summed E-state index contributed by atoms with van der Waals surface area (Å²) in [6.45, 7) is 6.43. The maximum Gasteiger partial charge on any atom is 0.341 e. The monoisotopic (exact) mass is 559 g/mol. The average Bonchev–Trinajstić information content (AvgIpc) is 3.58. The van der Waals surface area contributed by atoms with Crippen molar-refractivity contribution in [1.82, 2.24) is 9.97 Å². The fourth-order valence-corrected chi connectivity index (χ4v) is 6.28. The van der Waals surface area contributed by atoms with E-state index in [9.17, 15) is 4.79 Å². The number of methoxy groups -OCH3 is 2. The van der Waals surface area contributed by atoms with Gasteiger partial charge in [0, 0.05) is 21.9 Å². The standard InChI is InChI=1S/C30H29N3O4S2/c1-6-37-30(34)26-22(20-11-12-23(35-4)24(13-20)36-5)15-39-29(26)33-27-25-21(14-38-28(25)32-16-31-27)19-9-7-18(8-10-19)17(2)3/h7-17H,6H2,1-5H3,(H,31,32,33). The summed E-state index contributed by atoms with van der Waals surface area (Å²) in [5.41, 5.74) is 5.41. The van der Waals surface area contributed by atoms with Crippen LogP contribution in [0.3, 0.4) is 0 Å². The molecule has 9 heteroatoms. The van der Waals surface area contributed by atoms with Crippen LogP contribution in [0.15, 0.2) is 59.6 Å². The number of rotatable bonds is 9. The molecule has 3 aromatic heterocycles. The number of carbonyl (C=O) groups excluding carboxylic acids is 1. The van der Waals surface area contributed by atoms with Gasteiger partial charge in [0.05, 0.1) is 26.2 Å². The first-order valence-electron chi connectivity index (χ1n) is 12.6. The summed E-state index contributed by atoms with van der Waals surface area (Å²) in [4.78, 5) is 23.2. The first-order valence-corrected chi connectivity index (χ1v) is 14.3. The SMILES string of the molecule is CCOC(=O)c1c(-c2ccc(OC)c(OC)c2)csc1Nc1ncnc2scc(-c3ccc(C(C)C)cc3)c12. The average molecular weight is 560 g/mol. The van der Waals surface area contributed by atoms with Crippen LogP contribution in [-0.2, 0) is 4.74 Å². The van der Waals surface area contributed by atoms with Crippen LogP contribution < -0.4 is 14.8 Å². The van der Waals surface area contributed by atoms with Crippen molar-refractivity contribution < 1.29 is 19.0 Å². The summed E-state index contributed by atoms with van der Waals surface area (Å²) in [6.07, 6.45) is 1.54. The second-order valence-electron chi connectivity index (χ2n) is 9.10. The number of hydrogen-bond donors (Lipinski definition) is 1. The maximum absolute atomic E-state index is 13.2. The van der Waals surface area contributed by atoms with Gasteiger partial charge in [-0.05, 0) is 41.7 Å². The van der Waals surface area contributed by atoms with Gasteiger partial charge in [-0.2, -0.15) is 0 Å². The Morgan fingerprint density at radius 2 is 1.64 bits per heavy atom. The molecule has 7 nitrogen and oxygen atoms in total. The topological polar surface area (TPSA) is 82.6 Å². The molecule has 5 aromatic rings. The van der Waals surface area contributed by atoms with E-state index < -0.39 is 5.97 Å². The minimum absolute atomic E-state index is 0.262. The smallest absolute Gasteiger partial charge is 0.341 e. The molecule has 0 aliphatic carbocycles. The molecule has 39 heavy (non-hydrogen) atoms. The number of esters is 1. The van der Waals surface area contributed by atoms with Gasteiger partial charge in [0.15, 0.2) is 11.5 Å². The zero-order chi connectivity index (χ0) is 27.5. The number of ether oxygens (including phenoxy) is 3. The lowest BCUT2D eigenvalue weighted by Gasteiger charge is -2.12. The number of carbonyl (C=O) groups is 1. The number of hydrogen-bond acceptors (Lipinski definition) is 9. The molecule has 0 aliphatic heterocycles. The molecule has 0 bridgehead atoms. The van der Waals surface area contributed by atoms with Gasteiger partial charge in [-0.1, -0.05) is 44.2 Å². The normalized spacial score (nSPS) is 11.1. The van der Waals surface area contributed by atoms with E-state index in [-0.39, 0.29) is 6.61 Å². The highest BCUT2D eigenvalue weighted by Gasteiger charge is 2.24. The molecular weight excluding hydrogens is 530 g/mol. The van der Waals surface area contributed by atoms with Crippen molar-refractivity contribution in [2.45, 2.75) is 26.7 Å². The molecule has 0 saturated carbocycles. The first-order chi connectivity index (χ1) is 18.9. The molecule has 3 heterocycles. The molecule has 0 unspecified atom stereocenters. The Balaban J connectivity index is 1.59. The Hall–Kier alpha value is -3.95. The molecule has 0 atom stereocenters.